The number of benzene rings is 2. The Morgan fingerprint density at radius 1 is 1.07 bits per heavy atom. The molecule has 1 saturated heterocycles. The topological polar surface area (TPSA) is 66.5 Å². The fourth-order valence-corrected chi connectivity index (χ4v) is 5.28. The molecule has 5 nitrogen and oxygen atoms in total. The van der Waals surface area contributed by atoms with Crippen molar-refractivity contribution in [3.05, 3.63) is 63.6 Å². The van der Waals surface area contributed by atoms with Crippen LogP contribution in [0.15, 0.2) is 42.5 Å². The molecule has 0 bridgehead atoms. The first-order valence-corrected chi connectivity index (χ1v) is 11.4. The van der Waals surface area contributed by atoms with E-state index >= 15 is 0 Å². The lowest BCUT2D eigenvalue weighted by Crippen LogP contribution is -2.41. The third-order valence-corrected chi connectivity index (χ3v) is 7.38. The number of carbonyl (C=O) groups is 1. The first kappa shape index (κ1) is 21.1. The summed E-state index contributed by atoms with van der Waals surface area (Å²) in [5.74, 6) is -0.497. The quantitative estimate of drug-likeness (QED) is 0.744. The van der Waals surface area contributed by atoms with Crippen molar-refractivity contribution >= 4 is 44.8 Å². The zero-order chi connectivity index (χ0) is 20.3. The van der Waals surface area contributed by atoms with Gasteiger partial charge in [0.1, 0.15) is 0 Å². The van der Waals surface area contributed by atoms with Crippen LogP contribution in [0.25, 0.3) is 0 Å². The minimum Gasteiger partial charge on any atom is -0.323 e. The number of hydrogen-bond donors (Lipinski definition) is 1. The van der Waals surface area contributed by atoms with E-state index in [0.29, 0.717) is 41.7 Å². The monoisotopic (exact) mass is 440 g/mol. The van der Waals surface area contributed by atoms with Crippen LogP contribution in [0.4, 0.5) is 5.69 Å². The molecule has 8 heteroatoms. The van der Waals surface area contributed by atoms with Gasteiger partial charge in [0.15, 0.2) is 0 Å². The molecule has 1 amide bonds. The summed E-state index contributed by atoms with van der Waals surface area (Å²) >= 11 is 12.2. The van der Waals surface area contributed by atoms with Gasteiger partial charge in [-0.2, -0.15) is 0 Å². The lowest BCUT2D eigenvalue weighted by molar-refractivity contribution is -0.120. The molecule has 0 atom stereocenters. The summed E-state index contributed by atoms with van der Waals surface area (Å²) in [5.41, 5.74) is 2.25. The Kier molecular flexibility index (Phi) is 6.65. The predicted molar refractivity (Wildman–Crippen MR) is 113 cm³/mol. The molecule has 150 valence electrons. The Balaban J connectivity index is 1.59. The van der Waals surface area contributed by atoms with E-state index < -0.39 is 10.0 Å². The Morgan fingerprint density at radius 3 is 2.21 bits per heavy atom. The van der Waals surface area contributed by atoms with Crippen LogP contribution in [0.2, 0.25) is 10.0 Å². The summed E-state index contributed by atoms with van der Waals surface area (Å²) in [6, 6.07) is 12.5. The van der Waals surface area contributed by atoms with Gasteiger partial charge in [0.25, 0.3) is 0 Å². The van der Waals surface area contributed by atoms with E-state index in [1.165, 1.54) is 4.31 Å². The molecule has 1 heterocycles. The second-order valence-electron chi connectivity index (χ2n) is 7.00. The van der Waals surface area contributed by atoms with Crippen molar-refractivity contribution in [3.63, 3.8) is 0 Å². The normalized spacial score (nSPS) is 16.1. The molecule has 1 N–H and O–H groups in total. The van der Waals surface area contributed by atoms with Crippen molar-refractivity contribution in [3.8, 4) is 0 Å². The van der Waals surface area contributed by atoms with Gasteiger partial charge in [-0.3, -0.25) is 4.79 Å². The molecule has 0 unspecified atom stereocenters. The number of para-hydroxylation sites is 1. The van der Waals surface area contributed by atoms with E-state index in [4.69, 9.17) is 23.2 Å². The smallest absolute Gasteiger partial charge is 0.227 e. The van der Waals surface area contributed by atoms with E-state index in [1.54, 1.807) is 18.2 Å². The van der Waals surface area contributed by atoms with Gasteiger partial charge in [0.05, 0.1) is 21.5 Å². The Labute approximate surface area is 175 Å². The Hall–Kier alpha value is -1.60. The highest BCUT2D eigenvalue weighted by molar-refractivity contribution is 7.88. The number of halogens is 2. The molecule has 0 radical (unpaired) electrons. The van der Waals surface area contributed by atoms with Crippen LogP contribution in [-0.2, 0) is 20.6 Å². The van der Waals surface area contributed by atoms with Crippen LogP contribution in [0.5, 0.6) is 0 Å². The zero-order valence-electron chi connectivity index (χ0n) is 15.5. The minimum atomic E-state index is -3.41. The highest BCUT2D eigenvalue weighted by Crippen LogP contribution is 2.31. The number of nitrogens with one attached hydrogen (secondary N) is 1. The second kappa shape index (κ2) is 8.82. The van der Waals surface area contributed by atoms with Gasteiger partial charge < -0.3 is 5.32 Å². The van der Waals surface area contributed by atoms with Crippen molar-refractivity contribution < 1.29 is 13.2 Å². The summed E-state index contributed by atoms with van der Waals surface area (Å²) < 4.78 is 26.8. The average Bonchev–Trinajstić information content (AvgIpc) is 2.66. The summed E-state index contributed by atoms with van der Waals surface area (Å²) in [4.78, 5) is 12.6. The van der Waals surface area contributed by atoms with Crippen LogP contribution < -0.4 is 5.32 Å². The first-order valence-electron chi connectivity index (χ1n) is 9.04. The Bertz CT molecular complexity index is 934. The number of anilines is 1. The van der Waals surface area contributed by atoms with Crippen LogP contribution in [-0.4, -0.2) is 31.7 Å². The van der Waals surface area contributed by atoms with Crippen LogP contribution in [0.1, 0.15) is 24.0 Å². The predicted octanol–water partition coefficient (Wildman–Crippen LogP) is 4.48. The SMILES string of the molecule is Cc1ccc(CS(=O)(=O)N2CCC(C(=O)Nc3c(Cl)cccc3Cl)CC2)cc1. The van der Waals surface area contributed by atoms with E-state index in [9.17, 15) is 13.2 Å². The van der Waals surface area contributed by atoms with E-state index in [2.05, 4.69) is 5.32 Å². The highest BCUT2D eigenvalue weighted by Gasteiger charge is 2.31. The number of rotatable bonds is 5. The number of hydrogen-bond acceptors (Lipinski definition) is 3. The van der Waals surface area contributed by atoms with Gasteiger partial charge >= 0.3 is 0 Å². The van der Waals surface area contributed by atoms with Crippen molar-refractivity contribution in [2.75, 3.05) is 18.4 Å². The molecule has 2 aromatic rings. The molecular formula is C20H22Cl2N2O3S. The number of amides is 1. The number of nitrogens with zero attached hydrogens (tertiary/aromatic N) is 1. The molecular weight excluding hydrogens is 419 g/mol. The third kappa shape index (κ3) is 5.06. The van der Waals surface area contributed by atoms with Gasteiger partial charge in [-0.25, -0.2) is 12.7 Å². The van der Waals surface area contributed by atoms with Gasteiger partial charge in [-0.15, -0.1) is 0 Å². The van der Waals surface area contributed by atoms with E-state index in [0.717, 1.165) is 11.1 Å². The lowest BCUT2D eigenvalue weighted by atomic mass is 9.97. The summed E-state index contributed by atoms with van der Waals surface area (Å²) in [6.45, 7) is 2.61. The first-order chi connectivity index (χ1) is 13.3. The van der Waals surface area contributed by atoms with Crippen LogP contribution in [0, 0.1) is 12.8 Å². The molecule has 2 aromatic carbocycles. The average molecular weight is 441 g/mol. The summed E-state index contributed by atoms with van der Waals surface area (Å²) in [5, 5.41) is 3.52. The molecule has 0 aromatic heterocycles. The molecule has 1 aliphatic rings. The fraction of sp³-hybridized carbons (Fsp3) is 0.350. The molecule has 3 rings (SSSR count). The van der Waals surface area contributed by atoms with Crippen molar-refractivity contribution in [1.29, 1.82) is 0 Å². The molecule has 0 spiro atoms. The van der Waals surface area contributed by atoms with Crippen molar-refractivity contribution in [2.45, 2.75) is 25.5 Å². The maximum atomic E-state index is 12.7. The second-order valence-corrected chi connectivity index (χ2v) is 9.78. The fourth-order valence-electron chi connectivity index (χ4n) is 3.22. The van der Waals surface area contributed by atoms with E-state index in [1.807, 2.05) is 31.2 Å². The molecule has 1 aliphatic heterocycles. The maximum absolute atomic E-state index is 12.7. The van der Waals surface area contributed by atoms with Crippen LogP contribution in [0.3, 0.4) is 0 Å². The summed E-state index contributed by atoms with van der Waals surface area (Å²) in [6.07, 6.45) is 0.919. The van der Waals surface area contributed by atoms with Crippen molar-refractivity contribution in [1.82, 2.24) is 4.31 Å². The lowest BCUT2D eigenvalue weighted by Gasteiger charge is -2.30. The van der Waals surface area contributed by atoms with Crippen LogP contribution >= 0.6 is 23.2 Å². The van der Waals surface area contributed by atoms with Gasteiger partial charge in [0, 0.05) is 19.0 Å². The van der Waals surface area contributed by atoms with Gasteiger partial charge in [-0.1, -0.05) is 59.1 Å². The Morgan fingerprint density at radius 2 is 1.64 bits per heavy atom. The summed E-state index contributed by atoms with van der Waals surface area (Å²) in [7, 11) is -3.41. The molecule has 0 aliphatic carbocycles. The number of sulfonamides is 1. The van der Waals surface area contributed by atoms with E-state index in [-0.39, 0.29) is 17.6 Å². The van der Waals surface area contributed by atoms with Gasteiger partial charge in [-0.05, 0) is 37.5 Å². The number of carbonyl (C=O) groups excluding carboxylic acids is 1. The highest BCUT2D eigenvalue weighted by atomic mass is 35.5. The number of piperidine rings is 1. The standard InChI is InChI=1S/C20H22Cl2N2O3S/c1-14-5-7-15(8-6-14)13-28(26,27)24-11-9-16(10-12-24)20(25)23-19-17(21)3-2-4-18(19)22/h2-8,16H,9-13H2,1H3,(H,23,25). The molecule has 0 saturated carbocycles. The minimum absolute atomic E-state index is 0.0284. The van der Waals surface area contributed by atoms with Gasteiger partial charge in [0.2, 0.25) is 15.9 Å². The third-order valence-electron chi connectivity index (χ3n) is 4.90. The maximum Gasteiger partial charge on any atom is 0.227 e. The molecule has 28 heavy (non-hydrogen) atoms. The number of aryl methyl sites for hydroxylation is 1. The molecule has 1 fully saturated rings. The largest absolute Gasteiger partial charge is 0.323 e. The van der Waals surface area contributed by atoms with Crippen molar-refractivity contribution in [2.24, 2.45) is 5.92 Å². The zero-order valence-corrected chi connectivity index (χ0v) is 17.8.